The van der Waals surface area contributed by atoms with Crippen molar-refractivity contribution in [2.75, 3.05) is 18.0 Å². The maximum Gasteiger partial charge on any atom is 0.337 e. The van der Waals surface area contributed by atoms with Crippen molar-refractivity contribution in [2.24, 2.45) is 11.3 Å². The standard InChI is InChI=1S/C16H23NO3/c1-16(2,3)11-6-8-17(9-7-11)14-5-4-12(18)10-13(14)15(19)20/h4-5,10-11,18H,6-9H2,1-3H3,(H,19,20). The van der Waals surface area contributed by atoms with Gasteiger partial charge in [0.2, 0.25) is 0 Å². The molecule has 4 nitrogen and oxygen atoms in total. The molecule has 1 aliphatic heterocycles. The van der Waals surface area contributed by atoms with Crippen LogP contribution >= 0.6 is 0 Å². The first-order valence-corrected chi connectivity index (χ1v) is 7.10. The third-order valence-corrected chi connectivity index (χ3v) is 4.27. The van der Waals surface area contributed by atoms with Crippen LogP contribution in [0, 0.1) is 11.3 Å². The van der Waals surface area contributed by atoms with E-state index in [-0.39, 0.29) is 11.3 Å². The number of nitrogens with zero attached hydrogens (tertiary/aromatic N) is 1. The second-order valence-electron chi connectivity index (χ2n) is 6.63. The van der Waals surface area contributed by atoms with Crippen molar-refractivity contribution in [3.63, 3.8) is 0 Å². The van der Waals surface area contributed by atoms with Gasteiger partial charge in [-0.1, -0.05) is 20.8 Å². The van der Waals surface area contributed by atoms with Gasteiger partial charge >= 0.3 is 5.97 Å². The number of benzene rings is 1. The Morgan fingerprint density at radius 1 is 1.25 bits per heavy atom. The van der Waals surface area contributed by atoms with Gasteiger partial charge in [0, 0.05) is 13.1 Å². The molecule has 1 heterocycles. The maximum absolute atomic E-state index is 11.3. The molecule has 0 atom stereocenters. The third-order valence-electron chi connectivity index (χ3n) is 4.27. The summed E-state index contributed by atoms with van der Waals surface area (Å²) in [6.45, 7) is 8.52. The first-order chi connectivity index (χ1) is 9.29. The fourth-order valence-corrected chi connectivity index (χ4v) is 2.96. The predicted octanol–water partition coefficient (Wildman–Crippen LogP) is 3.35. The Hall–Kier alpha value is -1.71. The quantitative estimate of drug-likeness (QED) is 0.870. The molecule has 0 amide bonds. The zero-order chi connectivity index (χ0) is 14.9. The van der Waals surface area contributed by atoms with Gasteiger partial charge in [-0.15, -0.1) is 0 Å². The molecule has 1 aliphatic rings. The molecule has 110 valence electrons. The van der Waals surface area contributed by atoms with Crippen molar-refractivity contribution in [1.82, 2.24) is 0 Å². The van der Waals surface area contributed by atoms with Crippen LogP contribution in [-0.4, -0.2) is 29.3 Å². The van der Waals surface area contributed by atoms with E-state index in [1.54, 1.807) is 12.1 Å². The van der Waals surface area contributed by atoms with E-state index in [4.69, 9.17) is 0 Å². The van der Waals surface area contributed by atoms with Crippen LogP contribution in [0.1, 0.15) is 44.0 Å². The number of aromatic hydroxyl groups is 1. The summed E-state index contributed by atoms with van der Waals surface area (Å²) in [5, 5.41) is 18.7. The number of aromatic carboxylic acids is 1. The molecule has 1 saturated heterocycles. The van der Waals surface area contributed by atoms with Crippen molar-refractivity contribution in [2.45, 2.75) is 33.6 Å². The summed E-state index contributed by atoms with van der Waals surface area (Å²) in [5.41, 5.74) is 1.19. The number of carboxylic acid groups (broad SMARTS) is 1. The molecule has 0 saturated carbocycles. The Kier molecular flexibility index (Phi) is 3.93. The average Bonchev–Trinajstić information content (AvgIpc) is 2.37. The number of rotatable bonds is 2. The van der Waals surface area contributed by atoms with Gasteiger partial charge < -0.3 is 15.1 Å². The lowest BCUT2D eigenvalue weighted by molar-refractivity contribution is 0.0696. The predicted molar refractivity (Wildman–Crippen MR) is 79.5 cm³/mol. The molecule has 1 aromatic rings. The smallest absolute Gasteiger partial charge is 0.337 e. The van der Waals surface area contributed by atoms with Crippen LogP contribution in [0.25, 0.3) is 0 Å². The van der Waals surface area contributed by atoms with E-state index in [1.165, 1.54) is 6.07 Å². The van der Waals surface area contributed by atoms with Gasteiger partial charge in [0.25, 0.3) is 0 Å². The van der Waals surface area contributed by atoms with E-state index in [1.807, 2.05) is 0 Å². The molecule has 0 bridgehead atoms. The van der Waals surface area contributed by atoms with E-state index < -0.39 is 5.97 Å². The zero-order valence-electron chi connectivity index (χ0n) is 12.4. The van der Waals surface area contributed by atoms with Crippen molar-refractivity contribution < 1.29 is 15.0 Å². The summed E-state index contributed by atoms with van der Waals surface area (Å²) >= 11 is 0. The lowest BCUT2D eigenvalue weighted by atomic mass is 9.75. The van der Waals surface area contributed by atoms with Crippen LogP contribution in [0.5, 0.6) is 5.75 Å². The summed E-state index contributed by atoms with van der Waals surface area (Å²) in [7, 11) is 0. The number of hydrogen-bond donors (Lipinski definition) is 2. The molecule has 0 aliphatic carbocycles. The monoisotopic (exact) mass is 277 g/mol. The molecule has 20 heavy (non-hydrogen) atoms. The van der Waals surface area contributed by atoms with Gasteiger partial charge in [-0.3, -0.25) is 0 Å². The number of piperidine rings is 1. The van der Waals surface area contributed by atoms with Crippen molar-refractivity contribution in [3.8, 4) is 5.75 Å². The van der Waals surface area contributed by atoms with Crippen LogP contribution in [-0.2, 0) is 0 Å². The first kappa shape index (κ1) is 14.7. The fraction of sp³-hybridized carbons (Fsp3) is 0.562. The van der Waals surface area contributed by atoms with Crippen LogP contribution in [0.4, 0.5) is 5.69 Å². The van der Waals surface area contributed by atoms with E-state index in [9.17, 15) is 15.0 Å². The first-order valence-electron chi connectivity index (χ1n) is 7.10. The van der Waals surface area contributed by atoms with E-state index in [2.05, 4.69) is 25.7 Å². The lowest BCUT2D eigenvalue weighted by Gasteiger charge is -2.40. The largest absolute Gasteiger partial charge is 0.508 e. The average molecular weight is 277 g/mol. The SMILES string of the molecule is CC(C)(C)C1CCN(c2ccc(O)cc2C(=O)O)CC1. The van der Waals surface area contributed by atoms with Crippen LogP contribution in [0.3, 0.4) is 0 Å². The normalized spacial score (nSPS) is 17.2. The molecule has 0 spiro atoms. The minimum Gasteiger partial charge on any atom is -0.508 e. The van der Waals surface area contributed by atoms with Gasteiger partial charge in [-0.05, 0) is 42.4 Å². The minimum absolute atomic E-state index is 0.00396. The summed E-state index contributed by atoms with van der Waals surface area (Å²) in [4.78, 5) is 13.4. The second kappa shape index (κ2) is 5.35. The molecule has 1 aromatic carbocycles. The van der Waals surface area contributed by atoms with Gasteiger partial charge in [-0.2, -0.15) is 0 Å². The molecule has 2 rings (SSSR count). The Labute approximate surface area is 120 Å². The molecule has 0 radical (unpaired) electrons. The Morgan fingerprint density at radius 2 is 1.85 bits per heavy atom. The Balaban J connectivity index is 2.17. The van der Waals surface area contributed by atoms with E-state index >= 15 is 0 Å². The topological polar surface area (TPSA) is 60.8 Å². The van der Waals surface area contributed by atoms with Crippen molar-refractivity contribution in [3.05, 3.63) is 23.8 Å². The molecular formula is C16H23NO3. The number of phenolic OH excluding ortho intramolecular Hbond substituents is 1. The van der Waals surface area contributed by atoms with Crippen LogP contribution in [0.15, 0.2) is 18.2 Å². The lowest BCUT2D eigenvalue weighted by Crippen LogP contribution is -2.38. The minimum atomic E-state index is -0.992. The number of hydrogen-bond acceptors (Lipinski definition) is 3. The summed E-state index contributed by atoms with van der Waals surface area (Å²) in [6, 6.07) is 4.58. The molecule has 1 fully saturated rings. The zero-order valence-corrected chi connectivity index (χ0v) is 12.4. The fourth-order valence-electron chi connectivity index (χ4n) is 2.96. The highest BCUT2D eigenvalue weighted by molar-refractivity contribution is 5.95. The van der Waals surface area contributed by atoms with Crippen molar-refractivity contribution in [1.29, 1.82) is 0 Å². The summed E-state index contributed by atoms with van der Waals surface area (Å²) in [5.74, 6) is -0.325. The van der Waals surface area contributed by atoms with E-state index in [0.717, 1.165) is 25.9 Å². The molecule has 2 N–H and O–H groups in total. The maximum atomic E-state index is 11.3. The highest BCUT2D eigenvalue weighted by Crippen LogP contribution is 2.36. The molecule has 0 unspecified atom stereocenters. The number of carbonyl (C=O) groups is 1. The molecule has 4 heteroatoms. The van der Waals surface area contributed by atoms with E-state index in [0.29, 0.717) is 17.0 Å². The number of carboxylic acids is 1. The second-order valence-corrected chi connectivity index (χ2v) is 6.63. The highest BCUT2D eigenvalue weighted by Gasteiger charge is 2.30. The Bertz CT molecular complexity index is 497. The van der Waals surface area contributed by atoms with Gasteiger partial charge in [0.1, 0.15) is 5.75 Å². The molecule has 0 aromatic heterocycles. The van der Waals surface area contributed by atoms with Crippen molar-refractivity contribution >= 4 is 11.7 Å². The van der Waals surface area contributed by atoms with Crippen LogP contribution < -0.4 is 4.90 Å². The van der Waals surface area contributed by atoms with Gasteiger partial charge in [0.15, 0.2) is 0 Å². The number of phenols is 1. The summed E-state index contributed by atoms with van der Waals surface area (Å²) in [6.07, 6.45) is 2.15. The van der Waals surface area contributed by atoms with Crippen LogP contribution in [0.2, 0.25) is 0 Å². The van der Waals surface area contributed by atoms with Gasteiger partial charge in [-0.25, -0.2) is 4.79 Å². The third kappa shape index (κ3) is 3.06. The number of anilines is 1. The molecular weight excluding hydrogens is 254 g/mol. The highest BCUT2D eigenvalue weighted by atomic mass is 16.4. The Morgan fingerprint density at radius 3 is 2.35 bits per heavy atom. The summed E-state index contributed by atoms with van der Waals surface area (Å²) < 4.78 is 0. The van der Waals surface area contributed by atoms with Gasteiger partial charge in [0.05, 0.1) is 11.3 Å².